The molecule has 1 aliphatic heterocycles. The Morgan fingerprint density at radius 3 is 2.52 bits per heavy atom. The molecule has 0 spiro atoms. The summed E-state index contributed by atoms with van der Waals surface area (Å²) in [5.41, 5.74) is 0.733. The number of likely N-dealkylation sites (N-methyl/N-ethyl adjacent to an activating group) is 1. The molecule has 172 valence electrons. The van der Waals surface area contributed by atoms with Gasteiger partial charge < -0.3 is 16.0 Å². The Bertz CT molecular complexity index is 934. The van der Waals surface area contributed by atoms with E-state index in [1.165, 1.54) is 11.1 Å². The van der Waals surface area contributed by atoms with E-state index in [1.54, 1.807) is 26.1 Å². The van der Waals surface area contributed by atoms with Crippen molar-refractivity contribution in [2.45, 2.75) is 45.3 Å². The molecule has 0 aliphatic carbocycles. The minimum absolute atomic E-state index is 0.0516. The van der Waals surface area contributed by atoms with E-state index in [0.717, 1.165) is 11.8 Å². The lowest BCUT2D eigenvalue weighted by molar-refractivity contribution is -0.131. The fourth-order valence-corrected chi connectivity index (χ4v) is 3.74. The van der Waals surface area contributed by atoms with Crippen molar-refractivity contribution in [3.8, 4) is 0 Å². The van der Waals surface area contributed by atoms with Crippen LogP contribution in [0.5, 0.6) is 0 Å². The van der Waals surface area contributed by atoms with Crippen LogP contribution in [-0.2, 0) is 30.6 Å². The van der Waals surface area contributed by atoms with E-state index >= 15 is 0 Å². The largest absolute Gasteiger partial charge is 0.353 e. The van der Waals surface area contributed by atoms with Gasteiger partial charge in [-0.25, -0.2) is 13.4 Å². The summed E-state index contributed by atoms with van der Waals surface area (Å²) in [6.45, 7) is 5.25. The molecular weight excluding hydrogens is 422 g/mol. The quantitative estimate of drug-likeness (QED) is 0.447. The monoisotopic (exact) mass is 453 g/mol. The summed E-state index contributed by atoms with van der Waals surface area (Å²) in [5.74, 6) is -1.29. The number of pyridine rings is 1. The first kappa shape index (κ1) is 24.7. The lowest BCUT2D eigenvalue weighted by Crippen LogP contribution is -2.58. The van der Waals surface area contributed by atoms with Crippen molar-refractivity contribution in [3.63, 3.8) is 0 Å². The van der Waals surface area contributed by atoms with Crippen LogP contribution in [0.1, 0.15) is 26.3 Å². The van der Waals surface area contributed by atoms with Crippen LogP contribution in [0, 0.1) is 5.92 Å². The van der Waals surface area contributed by atoms with E-state index in [1.807, 2.05) is 13.8 Å². The van der Waals surface area contributed by atoms with Crippen LogP contribution in [0.4, 0.5) is 5.82 Å². The maximum atomic E-state index is 13.5. The summed E-state index contributed by atoms with van der Waals surface area (Å²) < 4.78 is 22.7. The Morgan fingerprint density at radius 2 is 1.94 bits per heavy atom. The Balaban J connectivity index is 2.29. The van der Waals surface area contributed by atoms with Gasteiger partial charge >= 0.3 is 0 Å². The average Bonchev–Trinajstić information content (AvgIpc) is 3.09. The average molecular weight is 454 g/mol. The van der Waals surface area contributed by atoms with E-state index < -0.39 is 39.8 Å². The predicted molar refractivity (Wildman–Crippen MR) is 117 cm³/mol. The number of aromatic nitrogens is 1. The molecule has 0 radical (unpaired) electrons. The Kier molecular flexibility index (Phi) is 8.13. The third-order valence-corrected chi connectivity index (χ3v) is 6.14. The maximum Gasteiger partial charge on any atom is 0.251 e. The molecular formula is C20H31N5O5S. The summed E-state index contributed by atoms with van der Waals surface area (Å²) in [6.07, 6.45) is 2.88. The van der Waals surface area contributed by atoms with Crippen molar-refractivity contribution in [1.29, 1.82) is 0 Å². The van der Waals surface area contributed by atoms with Gasteiger partial charge in [-0.05, 0) is 31.5 Å². The van der Waals surface area contributed by atoms with Gasteiger partial charge in [0.2, 0.25) is 11.8 Å². The highest BCUT2D eigenvalue weighted by atomic mass is 32.2. The van der Waals surface area contributed by atoms with Crippen LogP contribution in [0.25, 0.3) is 0 Å². The molecule has 3 N–H and O–H groups in total. The Labute approximate surface area is 183 Å². The minimum Gasteiger partial charge on any atom is -0.353 e. The number of amides is 3. The second-order valence-corrected chi connectivity index (χ2v) is 10.3. The first-order chi connectivity index (χ1) is 14.5. The number of carbonyl (C=O) groups is 3. The molecule has 0 fully saturated rings. The van der Waals surface area contributed by atoms with Crippen LogP contribution in [0.2, 0.25) is 0 Å². The number of nitrogens with zero attached hydrogens (tertiary/aromatic N) is 2. The van der Waals surface area contributed by atoms with Crippen molar-refractivity contribution in [2.24, 2.45) is 5.92 Å². The SMILES string of the molecule is CN[C@@H](C)C(=O)NC(C(=O)N1c2ncccc2CC1C(=O)NCCS(C)(=O)=O)C(C)C. The van der Waals surface area contributed by atoms with Gasteiger partial charge in [0.1, 0.15) is 27.7 Å². The summed E-state index contributed by atoms with van der Waals surface area (Å²) in [7, 11) is -1.59. The topological polar surface area (TPSA) is 138 Å². The van der Waals surface area contributed by atoms with Crippen molar-refractivity contribution in [2.75, 3.05) is 30.5 Å². The van der Waals surface area contributed by atoms with Crippen LogP contribution in [0.3, 0.4) is 0 Å². The van der Waals surface area contributed by atoms with Gasteiger partial charge in [-0.2, -0.15) is 0 Å². The Morgan fingerprint density at radius 1 is 1.26 bits per heavy atom. The van der Waals surface area contributed by atoms with Crippen molar-refractivity contribution >= 4 is 33.4 Å². The number of hydrogen-bond acceptors (Lipinski definition) is 7. The van der Waals surface area contributed by atoms with Crippen LogP contribution < -0.4 is 20.9 Å². The number of sulfone groups is 1. The number of hydrogen-bond donors (Lipinski definition) is 3. The zero-order chi connectivity index (χ0) is 23.3. The van der Waals surface area contributed by atoms with Crippen molar-refractivity contribution < 1.29 is 22.8 Å². The zero-order valence-corrected chi connectivity index (χ0v) is 19.3. The highest BCUT2D eigenvalue weighted by Crippen LogP contribution is 2.31. The molecule has 0 saturated heterocycles. The summed E-state index contributed by atoms with van der Waals surface area (Å²) in [6, 6.07) is 1.28. The van der Waals surface area contributed by atoms with E-state index in [-0.39, 0.29) is 30.5 Å². The molecule has 3 amide bonds. The van der Waals surface area contributed by atoms with Crippen LogP contribution >= 0.6 is 0 Å². The first-order valence-electron chi connectivity index (χ1n) is 10.2. The maximum absolute atomic E-state index is 13.5. The second-order valence-electron chi connectivity index (χ2n) is 8.08. The minimum atomic E-state index is -3.24. The third-order valence-electron chi connectivity index (χ3n) is 5.19. The molecule has 2 heterocycles. The Hall–Kier alpha value is -2.53. The van der Waals surface area contributed by atoms with Gasteiger partial charge in [0, 0.05) is 25.4 Å². The van der Waals surface area contributed by atoms with E-state index in [0.29, 0.717) is 5.82 Å². The summed E-state index contributed by atoms with van der Waals surface area (Å²) >= 11 is 0. The van der Waals surface area contributed by atoms with Crippen LogP contribution in [-0.4, -0.2) is 74.8 Å². The molecule has 0 bridgehead atoms. The third kappa shape index (κ3) is 6.23. The number of carbonyl (C=O) groups excluding carboxylic acids is 3. The van der Waals surface area contributed by atoms with E-state index in [2.05, 4.69) is 20.9 Å². The fraction of sp³-hybridized carbons (Fsp3) is 0.600. The molecule has 31 heavy (non-hydrogen) atoms. The molecule has 2 rings (SSSR count). The fourth-order valence-electron chi connectivity index (χ4n) is 3.27. The molecule has 0 saturated carbocycles. The normalized spacial score (nSPS) is 17.7. The van der Waals surface area contributed by atoms with Gasteiger partial charge in [-0.1, -0.05) is 19.9 Å². The van der Waals surface area contributed by atoms with Crippen molar-refractivity contribution in [1.82, 2.24) is 20.9 Å². The highest BCUT2D eigenvalue weighted by Gasteiger charge is 2.42. The standard InChI is InChI=1S/C20H31N5O5S/c1-12(2)16(24-18(26)13(3)21-4)20(28)25-15(11-14-7-6-8-22-17(14)25)19(27)23-9-10-31(5,29)30/h6-8,12-13,15-16,21H,9-11H2,1-5H3,(H,23,27)(H,24,26)/t13-,15?,16?/m0/s1. The number of anilines is 1. The number of nitrogens with one attached hydrogen (secondary N) is 3. The summed E-state index contributed by atoms with van der Waals surface area (Å²) in [5, 5.41) is 8.20. The molecule has 3 atom stereocenters. The molecule has 11 heteroatoms. The zero-order valence-electron chi connectivity index (χ0n) is 18.5. The molecule has 1 aliphatic rings. The second kappa shape index (κ2) is 10.2. The molecule has 0 aromatic carbocycles. The lowest BCUT2D eigenvalue weighted by atomic mass is 10.0. The van der Waals surface area contributed by atoms with Crippen molar-refractivity contribution in [3.05, 3.63) is 23.9 Å². The molecule has 1 aromatic rings. The lowest BCUT2D eigenvalue weighted by Gasteiger charge is -2.31. The highest BCUT2D eigenvalue weighted by molar-refractivity contribution is 7.90. The smallest absolute Gasteiger partial charge is 0.251 e. The molecule has 10 nitrogen and oxygen atoms in total. The summed E-state index contributed by atoms with van der Waals surface area (Å²) in [4.78, 5) is 44.4. The van der Waals surface area contributed by atoms with Gasteiger partial charge in [0.15, 0.2) is 0 Å². The predicted octanol–water partition coefficient (Wildman–Crippen LogP) is -0.751. The molecule has 2 unspecified atom stereocenters. The van der Waals surface area contributed by atoms with E-state index in [4.69, 9.17) is 0 Å². The number of rotatable bonds is 9. The van der Waals surface area contributed by atoms with Gasteiger partial charge in [0.25, 0.3) is 5.91 Å². The molecule has 1 aromatic heterocycles. The van der Waals surface area contributed by atoms with Gasteiger partial charge in [-0.15, -0.1) is 0 Å². The van der Waals surface area contributed by atoms with Crippen LogP contribution in [0.15, 0.2) is 18.3 Å². The van der Waals surface area contributed by atoms with Gasteiger partial charge in [-0.3, -0.25) is 19.3 Å². The number of fused-ring (bicyclic) bond motifs is 1. The van der Waals surface area contributed by atoms with E-state index in [9.17, 15) is 22.8 Å². The van der Waals surface area contributed by atoms with Gasteiger partial charge in [0.05, 0.1) is 11.8 Å². The first-order valence-corrected chi connectivity index (χ1v) is 12.2.